The van der Waals surface area contributed by atoms with Crippen LogP contribution in [0.1, 0.15) is 23.4 Å². The third kappa shape index (κ3) is 3.24. The number of benzene rings is 1. The van der Waals surface area contributed by atoms with Crippen LogP contribution in [0.2, 0.25) is 4.34 Å². The number of nitrogens with one attached hydrogen (secondary N) is 1. The standard InChI is InChI=1S/C13H13ClN2O2S/c1-8-3-4-11(16(17)18)10(7-8)15-9(2)12-5-6-13(14)19-12/h3-7,9,15H,1-2H3. The van der Waals surface area contributed by atoms with E-state index in [1.165, 1.54) is 17.4 Å². The van der Waals surface area contributed by atoms with Gasteiger partial charge < -0.3 is 5.32 Å². The molecule has 0 amide bonds. The summed E-state index contributed by atoms with van der Waals surface area (Å²) in [4.78, 5) is 11.7. The van der Waals surface area contributed by atoms with Crippen molar-refractivity contribution in [3.05, 3.63) is 55.2 Å². The van der Waals surface area contributed by atoms with Crippen LogP contribution in [0.25, 0.3) is 0 Å². The van der Waals surface area contributed by atoms with Gasteiger partial charge in [-0.2, -0.15) is 0 Å². The number of nitro benzene ring substituents is 1. The van der Waals surface area contributed by atoms with Gasteiger partial charge in [0.25, 0.3) is 5.69 Å². The average molecular weight is 297 g/mol. The molecule has 0 bridgehead atoms. The van der Waals surface area contributed by atoms with Gasteiger partial charge in [0.1, 0.15) is 5.69 Å². The molecule has 1 atom stereocenters. The molecular formula is C13H13ClN2O2S. The summed E-state index contributed by atoms with van der Waals surface area (Å²) in [5.74, 6) is 0. The Hall–Kier alpha value is -1.59. The summed E-state index contributed by atoms with van der Waals surface area (Å²) in [7, 11) is 0. The van der Waals surface area contributed by atoms with Crippen molar-refractivity contribution in [2.45, 2.75) is 19.9 Å². The first-order valence-electron chi connectivity index (χ1n) is 5.74. The molecule has 1 aromatic heterocycles. The van der Waals surface area contributed by atoms with Gasteiger partial charge in [-0.05, 0) is 37.6 Å². The highest BCUT2D eigenvalue weighted by atomic mass is 35.5. The molecule has 0 saturated carbocycles. The first-order valence-corrected chi connectivity index (χ1v) is 6.93. The molecule has 0 spiro atoms. The Morgan fingerprint density at radius 1 is 1.37 bits per heavy atom. The first-order chi connectivity index (χ1) is 8.97. The lowest BCUT2D eigenvalue weighted by atomic mass is 10.1. The second kappa shape index (κ2) is 5.59. The Balaban J connectivity index is 2.27. The largest absolute Gasteiger partial charge is 0.372 e. The molecule has 4 nitrogen and oxygen atoms in total. The lowest BCUT2D eigenvalue weighted by Gasteiger charge is -2.14. The summed E-state index contributed by atoms with van der Waals surface area (Å²) >= 11 is 7.36. The van der Waals surface area contributed by atoms with E-state index in [2.05, 4.69) is 5.32 Å². The van der Waals surface area contributed by atoms with E-state index in [-0.39, 0.29) is 16.7 Å². The second-order valence-electron chi connectivity index (χ2n) is 4.29. The Kier molecular flexibility index (Phi) is 4.07. The number of hydrogen-bond donors (Lipinski definition) is 1. The third-order valence-electron chi connectivity index (χ3n) is 2.74. The Morgan fingerprint density at radius 3 is 2.68 bits per heavy atom. The predicted molar refractivity (Wildman–Crippen MR) is 79.2 cm³/mol. The summed E-state index contributed by atoms with van der Waals surface area (Å²) in [5.41, 5.74) is 1.59. The first kappa shape index (κ1) is 13.8. The molecule has 0 aliphatic heterocycles. The van der Waals surface area contributed by atoms with Crippen molar-refractivity contribution in [1.29, 1.82) is 0 Å². The fourth-order valence-electron chi connectivity index (χ4n) is 1.79. The molecule has 19 heavy (non-hydrogen) atoms. The Bertz CT molecular complexity index is 612. The zero-order valence-corrected chi connectivity index (χ0v) is 12.1. The minimum atomic E-state index is -0.379. The molecule has 1 heterocycles. The summed E-state index contributed by atoms with van der Waals surface area (Å²) in [6, 6.07) is 8.75. The van der Waals surface area contributed by atoms with Crippen LogP contribution in [0.3, 0.4) is 0 Å². The summed E-state index contributed by atoms with van der Waals surface area (Å²) < 4.78 is 0.711. The van der Waals surface area contributed by atoms with E-state index in [4.69, 9.17) is 11.6 Å². The quantitative estimate of drug-likeness (QED) is 0.652. The number of thiophene rings is 1. The molecule has 0 aliphatic rings. The van der Waals surface area contributed by atoms with Gasteiger partial charge >= 0.3 is 0 Å². The topological polar surface area (TPSA) is 55.2 Å². The van der Waals surface area contributed by atoms with Gasteiger partial charge in [-0.3, -0.25) is 10.1 Å². The van der Waals surface area contributed by atoms with Crippen LogP contribution in [0.5, 0.6) is 0 Å². The normalized spacial score (nSPS) is 12.2. The highest BCUT2D eigenvalue weighted by Gasteiger charge is 2.16. The van der Waals surface area contributed by atoms with Crippen molar-refractivity contribution in [2.24, 2.45) is 0 Å². The van der Waals surface area contributed by atoms with Gasteiger partial charge in [0.05, 0.1) is 15.3 Å². The molecule has 0 saturated heterocycles. The molecule has 2 aromatic rings. The SMILES string of the molecule is Cc1ccc([N+](=O)[O-])c(NC(C)c2ccc(Cl)s2)c1. The number of aryl methyl sites for hydroxylation is 1. The Morgan fingerprint density at radius 2 is 2.11 bits per heavy atom. The fraction of sp³-hybridized carbons (Fsp3) is 0.231. The predicted octanol–water partition coefficient (Wildman–Crippen LogP) is 4.79. The highest BCUT2D eigenvalue weighted by Crippen LogP contribution is 2.32. The molecule has 100 valence electrons. The molecular weight excluding hydrogens is 284 g/mol. The van der Waals surface area contributed by atoms with Crippen molar-refractivity contribution >= 4 is 34.3 Å². The minimum absolute atomic E-state index is 0.0296. The van der Waals surface area contributed by atoms with Gasteiger partial charge in [0.2, 0.25) is 0 Å². The lowest BCUT2D eigenvalue weighted by molar-refractivity contribution is -0.384. The van der Waals surface area contributed by atoms with Crippen LogP contribution in [-0.2, 0) is 0 Å². The molecule has 6 heteroatoms. The number of halogens is 1. The van der Waals surface area contributed by atoms with Crippen LogP contribution >= 0.6 is 22.9 Å². The number of rotatable bonds is 4. The molecule has 1 unspecified atom stereocenters. The molecule has 2 rings (SSSR count). The zero-order chi connectivity index (χ0) is 14.0. The van der Waals surface area contributed by atoms with Gasteiger partial charge in [-0.25, -0.2) is 0 Å². The third-order valence-corrected chi connectivity index (χ3v) is 4.16. The lowest BCUT2D eigenvalue weighted by Crippen LogP contribution is -2.07. The van der Waals surface area contributed by atoms with Gasteiger partial charge in [-0.1, -0.05) is 17.7 Å². The van der Waals surface area contributed by atoms with E-state index in [1.807, 2.05) is 26.0 Å². The van der Waals surface area contributed by atoms with Crippen LogP contribution in [-0.4, -0.2) is 4.92 Å². The maximum atomic E-state index is 11.0. The van der Waals surface area contributed by atoms with Crippen molar-refractivity contribution in [3.63, 3.8) is 0 Å². The number of hydrogen-bond acceptors (Lipinski definition) is 4. The molecule has 0 fully saturated rings. The summed E-state index contributed by atoms with van der Waals surface area (Å²) in [6.07, 6.45) is 0. The summed E-state index contributed by atoms with van der Waals surface area (Å²) in [6.45, 7) is 3.86. The van der Waals surface area contributed by atoms with Gasteiger partial charge in [-0.15, -0.1) is 11.3 Å². The van der Waals surface area contributed by atoms with Gasteiger partial charge in [0, 0.05) is 10.9 Å². The monoisotopic (exact) mass is 296 g/mol. The fourth-order valence-corrected chi connectivity index (χ4v) is 2.85. The second-order valence-corrected chi connectivity index (χ2v) is 6.03. The van der Waals surface area contributed by atoms with Crippen molar-refractivity contribution < 1.29 is 4.92 Å². The minimum Gasteiger partial charge on any atom is -0.372 e. The van der Waals surface area contributed by atoms with Crippen LogP contribution in [0.4, 0.5) is 11.4 Å². The van der Waals surface area contributed by atoms with E-state index in [0.717, 1.165) is 10.4 Å². The van der Waals surface area contributed by atoms with Crippen molar-refractivity contribution in [1.82, 2.24) is 0 Å². The number of anilines is 1. The number of nitrogens with zero attached hydrogens (tertiary/aromatic N) is 1. The van der Waals surface area contributed by atoms with E-state index in [0.29, 0.717) is 10.0 Å². The maximum Gasteiger partial charge on any atom is 0.292 e. The average Bonchev–Trinajstić information content (AvgIpc) is 2.75. The molecule has 1 N–H and O–H groups in total. The molecule has 0 radical (unpaired) electrons. The maximum absolute atomic E-state index is 11.0. The van der Waals surface area contributed by atoms with E-state index in [1.54, 1.807) is 12.1 Å². The number of nitro groups is 1. The zero-order valence-electron chi connectivity index (χ0n) is 10.5. The van der Waals surface area contributed by atoms with E-state index in [9.17, 15) is 10.1 Å². The van der Waals surface area contributed by atoms with Crippen LogP contribution in [0, 0.1) is 17.0 Å². The van der Waals surface area contributed by atoms with E-state index >= 15 is 0 Å². The van der Waals surface area contributed by atoms with Gasteiger partial charge in [0.15, 0.2) is 0 Å². The molecule has 0 aliphatic carbocycles. The van der Waals surface area contributed by atoms with Crippen LogP contribution < -0.4 is 5.32 Å². The van der Waals surface area contributed by atoms with E-state index < -0.39 is 0 Å². The molecule has 1 aromatic carbocycles. The summed E-state index contributed by atoms with van der Waals surface area (Å²) in [5, 5.41) is 14.2. The van der Waals surface area contributed by atoms with Crippen LogP contribution in [0.15, 0.2) is 30.3 Å². The van der Waals surface area contributed by atoms with Crippen molar-refractivity contribution in [3.8, 4) is 0 Å². The smallest absolute Gasteiger partial charge is 0.292 e. The van der Waals surface area contributed by atoms with Crippen molar-refractivity contribution in [2.75, 3.05) is 5.32 Å². The highest BCUT2D eigenvalue weighted by molar-refractivity contribution is 7.16. The Labute approximate surface area is 120 Å².